The fourth-order valence-corrected chi connectivity index (χ4v) is 2.88. The lowest BCUT2D eigenvalue weighted by atomic mass is 9.78. The van der Waals surface area contributed by atoms with Gasteiger partial charge < -0.3 is 26.2 Å². The van der Waals surface area contributed by atoms with Gasteiger partial charge in [0.2, 0.25) is 11.8 Å². The summed E-state index contributed by atoms with van der Waals surface area (Å²) in [4.78, 5) is 25.5. The molecule has 7 nitrogen and oxygen atoms in total. The largest absolute Gasteiger partial charge is 0.391 e. The molecule has 2 aliphatic rings. The molecule has 2 atom stereocenters. The fourth-order valence-electron chi connectivity index (χ4n) is 2.88. The van der Waals surface area contributed by atoms with E-state index in [-0.39, 0.29) is 25.4 Å². The van der Waals surface area contributed by atoms with E-state index >= 15 is 0 Å². The van der Waals surface area contributed by atoms with Crippen molar-refractivity contribution in [3.8, 4) is 0 Å². The lowest BCUT2D eigenvalue weighted by Crippen LogP contribution is -2.54. The van der Waals surface area contributed by atoms with Crippen molar-refractivity contribution < 1.29 is 19.4 Å². The second-order valence-electron chi connectivity index (χ2n) is 5.36. The fraction of sp³-hybridized carbons (Fsp3) is 0.833. The van der Waals surface area contributed by atoms with E-state index in [9.17, 15) is 14.7 Å². The monoisotopic (exact) mass is 271 g/mol. The molecule has 2 unspecified atom stereocenters. The summed E-state index contributed by atoms with van der Waals surface area (Å²) >= 11 is 0. The summed E-state index contributed by atoms with van der Waals surface area (Å²) in [7, 11) is 0. The maximum Gasteiger partial charge on any atom is 0.240 e. The topological polar surface area (TPSA) is 119 Å². The first-order valence-corrected chi connectivity index (χ1v) is 6.56. The predicted octanol–water partition coefficient (Wildman–Crippen LogP) is -1.81. The van der Waals surface area contributed by atoms with Crippen LogP contribution < -0.4 is 11.5 Å². The van der Waals surface area contributed by atoms with E-state index in [1.165, 1.54) is 4.90 Å². The summed E-state index contributed by atoms with van der Waals surface area (Å²) in [5.74, 6) is -0.761. The van der Waals surface area contributed by atoms with Gasteiger partial charge in [-0.15, -0.1) is 0 Å². The van der Waals surface area contributed by atoms with E-state index in [0.717, 1.165) is 0 Å². The highest BCUT2D eigenvalue weighted by molar-refractivity contribution is 5.90. The first kappa shape index (κ1) is 14.2. The van der Waals surface area contributed by atoms with Gasteiger partial charge in [0.25, 0.3) is 0 Å². The molecule has 108 valence electrons. The van der Waals surface area contributed by atoms with Crippen LogP contribution in [0, 0.1) is 5.41 Å². The second kappa shape index (κ2) is 5.44. The predicted molar refractivity (Wildman–Crippen MR) is 66.9 cm³/mol. The normalized spacial score (nSPS) is 30.3. The molecule has 0 aromatic heterocycles. The Hall–Kier alpha value is -1.18. The number of aliphatic hydroxyl groups excluding tert-OH is 1. The highest BCUT2D eigenvalue weighted by Gasteiger charge is 2.47. The molecule has 2 heterocycles. The lowest BCUT2D eigenvalue weighted by molar-refractivity contribution is -0.150. The van der Waals surface area contributed by atoms with Gasteiger partial charge in [0.15, 0.2) is 0 Å². The number of amides is 2. The highest BCUT2D eigenvalue weighted by Crippen LogP contribution is 2.34. The molecule has 0 aromatic rings. The summed E-state index contributed by atoms with van der Waals surface area (Å²) in [6, 6.07) is -0.728. The van der Waals surface area contributed by atoms with Crippen LogP contribution in [0.4, 0.5) is 0 Å². The van der Waals surface area contributed by atoms with Crippen LogP contribution in [0.25, 0.3) is 0 Å². The van der Waals surface area contributed by atoms with Crippen LogP contribution in [0.3, 0.4) is 0 Å². The van der Waals surface area contributed by atoms with Gasteiger partial charge in [-0.05, 0) is 12.8 Å². The van der Waals surface area contributed by atoms with E-state index in [1.54, 1.807) is 0 Å². The van der Waals surface area contributed by atoms with Crippen molar-refractivity contribution in [3.63, 3.8) is 0 Å². The molecule has 0 spiro atoms. The Balaban J connectivity index is 2.19. The first-order valence-electron chi connectivity index (χ1n) is 6.56. The molecular formula is C12H21N3O4. The third kappa shape index (κ3) is 2.58. The number of nitrogens with two attached hydrogens (primary N) is 2. The Bertz CT molecular complexity index is 368. The van der Waals surface area contributed by atoms with Crippen molar-refractivity contribution in [2.45, 2.75) is 31.4 Å². The number of aliphatic hydroxyl groups is 1. The number of hydrogen-bond acceptors (Lipinski definition) is 5. The number of primary amides is 1. The minimum atomic E-state index is -0.728. The van der Waals surface area contributed by atoms with E-state index in [1.807, 2.05) is 0 Å². The Morgan fingerprint density at radius 1 is 1.37 bits per heavy atom. The molecule has 2 saturated heterocycles. The molecule has 2 fully saturated rings. The van der Waals surface area contributed by atoms with Gasteiger partial charge in [-0.3, -0.25) is 9.59 Å². The molecule has 0 bridgehead atoms. The standard InChI is InChI=1S/C12H21N3O4/c13-7-12(1-3-19-4-2-12)11(18)15-6-8(16)5-9(15)10(14)17/h8-9,16H,1-7,13H2,(H2,14,17). The number of carbonyl (C=O) groups is 2. The number of ether oxygens (including phenoxy) is 1. The molecule has 0 saturated carbocycles. The molecule has 0 aromatic carbocycles. The molecular weight excluding hydrogens is 250 g/mol. The average Bonchev–Trinajstić information content (AvgIpc) is 2.81. The Morgan fingerprint density at radius 3 is 2.53 bits per heavy atom. The van der Waals surface area contributed by atoms with Crippen LogP contribution in [0.2, 0.25) is 0 Å². The molecule has 0 aliphatic carbocycles. The molecule has 2 rings (SSSR count). The molecule has 5 N–H and O–H groups in total. The average molecular weight is 271 g/mol. The zero-order valence-corrected chi connectivity index (χ0v) is 10.9. The quantitative estimate of drug-likeness (QED) is 0.559. The second-order valence-corrected chi connectivity index (χ2v) is 5.36. The maximum atomic E-state index is 12.7. The number of β-amino-alcohol motifs (C(OH)–C–C–N with tert-alkyl or cyclic N) is 1. The molecule has 19 heavy (non-hydrogen) atoms. The Morgan fingerprint density at radius 2 is 2.00 bits per heavy atom. The molecule has 0 radical (unpaired) electrons. The van der Waals surface area contributed by atoms with E-state index in [2.05, 4.69) is 0 Å². The van der Waals surface area contributed by atoms with Crippen molar-refractivity contribution in [2.24, 2.45) is 16.9 Å². The molecule has 2 aliphatic heterocycles. The van der Waals surface area contributed by atoms with E-state index in [4.69, 9.17) is 16.2 Å². The number of likely N-dealkylation sites (tertiary alicyclic amines) is 1. The lowest BCUT2D eigenvalue weighted by Gasteiger charge is -2.38. The first-order chi connectivity index (χ1) is 9.00. The smallest absolute Gasteiger partial charge is 0.240 e. The van der Waals surface area contributed by atoms with Crippen LogP contribution in [0.5, 0.6) is 0 Å². The summed E-state index contributed by atoms with van der Waals surface area (Å²) in [6.07, 6.45) is 0.593. The number of nitrogens with zero attached hydrogens (tertiary/aromatic N) is 1. The third-order valence-corrected chi connectivity index (χ3v) is 4.16. The van der Waals surface area contributed by atoms with Crippen LogP contribution in [0.15, 0.2) is 0 Å². The molecule has 2 amide bonds. The third-order valence-electron chi connectivity index (χ3n) is 4.16. The van der Waals surface area contributed by atoms with Gasteiger partial charge in [-0.2, -0.15) is 0 Å². The van der Waals surface area contributed by atoms with Crippen molar-refractivity contribution in [3.05, 3.63) is 0 Å². The minimum absolute atomic E-state index is 0.148. The molecule has 7 heteroatoms. The van der Waals surface area contributed by atoms with Crippen LogP contribution in [-0.4, -0.2) is 60.3 Å². The summed E-state index contributed by atoms with van der Waals surface area (Å²) in [6.45, 7) is 1.34. The summed E-state index contributed by atoms with van der Waals surface area (Å²) in [5, 5.41) is 9.67. The number of hydrogen-bond donors (Lipinski definition) is 3. The van der Waals surface area contributed by atoms with Gasteiger partial charge in [0.05, 0.1) is 11.5 Å². The summed E-state index contributed by atoms with van der Waals surface area (Å²) < 4.78 is 5.27. The maximum absolute atomic E-state index is 12.7. The number of rotatable bonds is 3. The van der Waals surface area contributed by atoms with Crippen LogP contribution in [-0.2, 0) is 14.3 Å². The number of carbonyl (C=O) groups excluding carboxylic acids is 2. The zero-order valence-electron chi connectivity index (χ0n) is 10.9. The van der Waals surface area contributed by atoms with Crippen molar-refractivity contribution >= 4 is 11.8 Å². The van der Waals surface area contributed by atoms with Crippen LogP contribution >= 0.6 is 0 Å². The van der Waals surface area contributed by atoms with Gasteiger partial charge in [0.1, 0.15) is 6.04 Å². The zero-order chi connectivity index (χ0) is 14.0. The minimum Gasteiger partial charge on any atom is -0.391 e. The van der Waals surface area contributed by atoms with Crippen molar-refractivity contribution in [2.75, 3.05) is 26.3 Å². The SMILES string of the molecule is NCC1(C(=O)N2CC(O)CC2C(N)=O)CCOCC1. The van der Waals surface area contributed by atoms with Gasteiger partial charge in [-0.1, -0.05) is 0 Å². The van der Waals surface area contributed by atoms with Crippen molar-refractivity contribution in [1.29, 1.82) is 0 Å². The van der Waals surface area contributed by atoms with Gasteiger partial charge in [-0.25, -0.2) is 0 Å². The Kier molecular flexibility index (Phi) is 4.07. The van der Waals surface area contributed by atoms with E-state index in [0.29, 0.717) is 26.1 Å². The van der Waals surface area contributed by atoms with Gasteiger partial charge >= 0.3 is 0 Å². The summed E-state index contributed by atoms with van der Waals surface area (Å²) in [5.41, 5.74) is 10.4. The van der Waals surface area contributed by atoms with Crippen LogP contribution in [0.1, 0.15) is 19.3 Å². The van der Waals surface area contributed by atoms with Crippen molar-refractivity contribution in [1.82, 2.24) is 4.90 Å². The highest BCUT2D eigenvalue weighted by atomic mass is 16.5. The Labute approximate surface area is 111 Å². The van der Waals surface area contributed by atoms with E-state index < -0.39 is 23.5 Å². The van der Waals surface area contributed by atoms with Gasteiger partial charge in [0, 0.05) is 32.7 Å².